The molecule has 144 valence electrons. The van der Waals surface area contributed by atoms with E-state index < -0.39 is 0 Å². The smallest absolute Gasteiger partial charge is 0.170 e. The van der Waals surface area contributed by atoms with E-state index in [0.717, 1.165) is 17.1 Å². The van der Waals surface area contributed by atoms with Gasteiger partial charge in [-0.3, -0.25) is 4.98 Å². The van der Waals surface area contributed by atoms with Crippen molar-refractivity contribution in [2.24, 2.45) is 0 Å². The SMILES string of the molecule is COCCN1C(=S)N[C@H](c2ccccn2)[C@@H]1c1cccn1-c1ccc(F)cc1. The van der Waals surface area contributed by atoms with Crippen molar-refractivity contribution < 1.29 is 9.13 Å². The maximum Gasteiger partial charge on any atom is 0.170 e. The average molecular weight is 396 g/mol. The highest BCUT2D eigenvalue weighted by atomic mass is 32.1. The fourth-order valence-electron chi connectivity index (χ4n) is 3.63. The predicted octanol–water partition coefficient (Wildman–Crippen LogP) is 3.63. The Kier molecular flexibility index (Phi) is 5.36. The van der Waals surface area contributed by atoms with E-state index in [1.54, 1.807) is 25.4 Å². The quantitative estimate of drug-likeness (QED) is 0.645. The molecular formula is C21H21FN4OS. The van der Waals surface area contributed by atoms with Gasteiger partial charge in [0, 0.05) is 37.4 Å². The lowest BCUT2D eigenvalue weighted by atomic mass is 10.0. The van der Waals surface area contributed by atoms with Gasteiger partial charge in [0.05, 0.1) is 24.4 Å². The second-order valence-electron chi connectivity index (χ2n) is 6.59. The van der Waals surface area contributed by atoms with Crippen LogP contribution in [0.15, 0.2) is 67.0 Å². The molecule has 3 aromatic rings. The number of methoxy groups -OCH3 is 1. The van der Waals surface area contributed by atoms with Crippen molar-refractivity contribution in [3.05, 3.63) is 84.2 Å². The predicted molar refractivity (Wildman–Crippen MR) is 110 cm³/mol. The van der Waals surface area contributed by atoms with Crippen LogP contribution in [0.25, 0.3) is 5.69 Å². The van der Waals surface area contributed by atoms with Crippen LogP contribution in [0, 0.1) is 5.82 Å². The van der Waals surface area contributed by atoms with E-state index in [9.17, 15) is 4.39 Å². The largest absolute Gasteiger partial charge is 0.383 e. The molecule has 2 aromatic heterocycles. The third-order valence-corrected chi connectivity index (χ3v) is 5.27. The molecule has 3 heterocycles. The van der Waals surface area contributed by atoms with Gasteiger partial charge >= 0.3 is 0 Å². The molecule has 7 heteroatoms. The number of ether oxygens (including phenoxy) is 1. The number of aromatic nitrogens is 2. The average Bonchev–Trinajstić information content (AvgIpc) is 3.32. The summed E-state index contributed by atoms with van der Waals surface area (Å²) >= 11 is 5.63. The third-order valence-electron chi connectivity index (χ3n) is 4.92. The number of rotatable bonds is 6. The molecule has 1 aromatic carbocycles. The summed E-state index contributed by atoms with van der Waals surface area (Å²) in [5.74, 6) is -0.255. The van der Waals surface area contributed by atoms with Crippen molar-refractivity contribution in [3.8, 4) is 5.69 Å². The van der Waals surface area contributed by atoms with Gasteiger partial charge in [0.25, 0.3) is 0 Å². The van der Waals surface area contributed by atoms with Crippen LogP contribution in [0.4, 0.5) is 4.39 Å². The zero-order valence-corrected chi connectivity index (χ0v) is 16.3. The summed E-state index contributed by atoms with van der Waals surface area (Å²) in [6.45, 7) is 1.22. The van der Waals surface area contributed by atoms with E-state index in [-0.39, 0.29) is 17.9 Å². The molecule has 4 rings (SSSR count). The molecule has 2 atom stereocenters. The van der Waals surface area contributed by atoms with Crippen LogP contribution in [0.5, 0.6) is 0 Å². The highest BCUT2D eigenvalue weighted by Crippen LogP contribution is 2.39. The van der Waals surface area contributed by atoms with Crippen molar-refractivity contribution in [2.45, 2.75) is 12.1 Å². The van der Waals surface area contributed by atoms with Crippen molar-refractivity contribution in [1.82, 2.24) is 19.8 Å². The highest BCUT2D eigenvalue weighted by Gasteiger charge is 2.40. The molecular weight excluding hydrogens is 375 g/mol. The molecule has 0 bridgehead atoms. The summed E-state index contributed by atoms with van der Waals surface area (Å²) in [6, 6.07) is 16.2. The number of thiocarbonyl (C=S) groups is 1. The van der Waals surface area contributed by atoms with Crippen LogP contribution in [0.2, 0.25) is 0 Å². The minimum absolute atomic E-state index is 0.0717. The van der Waals surface area contributed by atoms with Gasteiger partial charge in [-0.05, 0) is 60.7 Å². The third kappa shape index (κ3) is 3.50. The molecule has 28 heavy (non-hydrogen) atoms. The Labute approximate surface area is 168 Å². The maximum atomic E-state index is 13.4. The second-order valence-corrected chi connectivity index (χ2v) is 6.98. The molecule has 1 aliphatic rings. The molecule has 1 saturated heterocycles. The zero-order valence-electron chi connectivity index (χ0n) is 15.5. The van der Waals surface area contributed by atoms with Gasteiger partial charge in [0.15, 0.2) is 5.11 Å². The Morgan fingerprint density at radius 3 is 2.68 bits per heavy atom. The molecule has 0 aliphatic carbocycles. The van der Waals surface area contributed by atoms with Gasteiger partial charge in [-0.2, -0.15) is 0 Å². The number of hydrogen-bond donors (Lipinski definition) is 1. The lowest BCUT2D eigenvalue weighted by Crippen LogP contribution is -2.33. The van der Waals surface area contributed by atoms with Crippen molar-refractivity contribution >= 4 is 17.3 Å². The fraction of sp³-hybridized carbons (Fsp3) is 0.238. The first-order chi connectivity index (χ1) is 13.7. The Balaban J connectivity index is 1.78. The maximum absolute atomic E-state index is 13.4. The first-order valence-electron chi connectivity index (χ1n) is 9.09. The van der Waals surface area contributed by atoms with Gasteiger partial charge in [-0.1, -0.05) is 6.07 Å². The molecule has 0 radical (unpaired) electrons. The van der Waals surface area contributed by atoms with Gasteiger partial charge in [0.1, 0.15) is 5.82 Å². The van der Waals surface area contributed by atoms with E-state index in [4.69, 9.17) is 17.0 Å². The van der Waals surface area contributed by atoms with Crippen molar-refractivity contribution in [3.63, 3.8) is 0 Å². The number of hydrogen-bond acceptors (Lipinski definition) is 3. The van der Waals surface area contributed by atoms with Crippen molar-refractivity contribution in [1.29, 1.82) is 0 Å². The molecule has 1 aliphatic heterocycles. The molecule has 0 spiro atoms. The summed E-state index contributed by atoms with van der Waals surface area (Å²) in [7, 11) is 1.68. The molecule has 0 saturated carbocycles. The van der Waals surface area contributed by atoms with Crippen LogP contribution in [-0.4, -0.2) is 39.8 Å². The van der Waals surface area contributed by atoms with Gasteiger partial charge in [0.2, 0.25) is 0 Å². The first kappa shape index (κ1) is 18.6. The Bertz CT molecular complexity index is 945. The van der Waals surface area contributed by atoms with E-state index in [1.165, 1.54) is 12.1 Å². The summed E-state index contributed by atoms with van der Waals surface area (Å²) < 4.78 is 20.8. The zero-order chi connectivity index (χ0) is 19.5. The molecule has 1 fully saturated rings. The van der Waals surface area contributed by atoms with Crippen LogP contribution in [0.3, 0.4) is 0 Å². The molecule has 5 nitrogen and oxygen atoms in total. The summed E-state index contributed by atoms with van der Waals surface area (Å²) in [6.07, 6.45) is 3.77. The summed E-state index contributed by atoms with van der Waals surface area (Å²) in [5, 5.41) is 4.09. The van der Waals surface area contributed by atoms with E-state index in [0.29, 0.717) is 18.3 Å². The lowest BCUT2D eigenvalue weighted by Gasteiger charge is -2.28. The Morgan fingerprint density at radius 1 is 1.14 bits per heavy atom. The number of benzene rings is 1. The van der Waals surface area contributed by atoms with Crippen LogP contribution in [0.1, 0.15) is 23.5 Å². The van der Waals surface area contributed by atoms with Crippen LogP contribution < -0.4 is 5.32 Å². The van der Waals surface area contributed by atoms with E-state index >= 15 is 0 Å². The normalized spacial score (nSPS) is 19.1. The van der Waals surface area contributed by atoms with Crippen LogP contribution >= 0.6 is 12.2 Å². The Morgan fingerprint density at radius 2 is 1.96 bits per heavy atom. The minimum Gasteiger partial charge on any atom is -0.383 e. The highest BCUT2D eigenvalue weighted by molar-refractivity contribution is 7.80. The van der Waals surface area contributed by atoms with Gasteiger partial charge in [-0.15, -0.1) is 0 Å². The summed E-state index contributed by atoms with van der Waals surface area (Å²) in [5.41, 5.74) is 2.86. The van der Waals surface area contributed by atoms with Crippen LogP contribution in [-0.2, 0) is 4.74 Å². The van der Waals surface area contributed by atoms with Crippen molar-refractivity contribution in [2.75, 3.05) is 20.3 Å². The summed E-state index contributed by atoms with van der Waals surface area (Å²) in [4.78, 5) is 6.68. The number of halogens is 1. The standard InChI is InChI=1S/C21H21FN4OS/c1-27-14-13-26-20(19(24-21(26)28)17-5-2-3-11-23-17)18-6-4-12-25(18)16-9-7-15(22)8-10-16/h2-12,19-20H,13-14H2,1H3,(H,24,28)/t19-,20+/m1/s1. The van der Waals surface area contributed by atoms with Gasteiger partial charge in [-0.25, -0.2) is 4.39 Å². The molecule has 0 amide bonds. The van der Waals surface area contributed by atoms with E-state index in [1.807, 2.05) is 30.5 Å². The number of nitrogens with one attached hydrogen (secondary N) is 1. The molecule has 0 unspecified atom stereocenters. The Hall–Kier alpha value is -2.77. The lowest BCUT2D eigenvalue weighted by molar-refractivity contribution is 0.163. The monoisotopic (exact) mass is 396 g/mol. The minimum atomic E-state index is -0.255. The first-order valence-corrected chi connectivity index (χ1v) is 9.50. The van der Waals surface area contributed by atoms with E-state index in [2.05, 4.69) is 25.8 Å². The topological polar surface area (TPSA) is 42.3 Å². The number of nitrogens with zero attached hydrogens (tertiary/aromatic N) is 3. The molecule has 1 N–H and O–H groups in total. The van der Waals surface area contributed by atoms with Gasteiger partial charge < -0.3 is 19.5 Å². The fourth-order valence-corrected chi connectivity index (χ4v) is 3.96. The number of pyridine rings is 1. The second kappa shape index (κ2) is 8.08.